The van der Waals surface area contributed by atoms with Crippen LogP contribution in [0.1, 0.15) is 34.6 Å². The Hall–Kier alpha value is -2.67. The fraction of sp³-hybridized carbons (Fsp3) is 0.579. The highest BCUT2D eigenvalue weighted by molar-refractivity contribution is 5.92. The van der Waals surface area contributed by atoms with Crippen LogP contribution in [0.2, 0.25) is 0 Å². The molecule has 0 N–H and O–H groups in total. The largest absolute Gasteiger partial charge is 0.406 e. The zero-order chi connectivity index (χ0) is 21.2. The van der Waals surface area contributed by atoms with E-state index in [0.717, 1.165) is 4.90 Å². The van der Waals surface area contributed by atoms with Crippen molar-refractivity contribution >= 4 is 11.8 Å². The van der Waals surface area contributed by atoms with E-state index < -0.39 is 24.7 Å². The van der Waals surface area contributed by atoms with E-state index in [0.29, 0.717) is 50.3 Å². The normalized spacial score (nSPS) is 21.2. The van der Waals surface area contributed by atoms with E-state index in [1.165, 1.54) is 6.07 Å². The highest BCUT2D eigenvalue weighted by Gasteiger charge is 2.40. The van der Waals surface area contributed by atoms with E-state index in [1.807, 2.05) is 11.0 Å². The standard InChI is InChI=1S/C19H22F3N5O2/c1-13-14(11-23)4-5-15(24-13)17(28)26-9-7-25(8-10-26)16-3-2-6-27(18(16)29)12-19(20,21)22/h4-5,16H,2-3,6-10,12H2,1H3. The lowest BCUT2D eigenvalue weighted by atomic mass is 10.0. The average Bonchev–Trinajstić information content (AvgIpc) is 2.68. The first-order valence-electron chi connectivity index (χ1n) is 9.46. The molecule has 10 heteroatoms. The van der Waals surface area contributed by atoms with Gasteiger partial charge in [-0.25, -0.2) is 4.98 Å². The molecule has 2 fully saturated rings. The van der Waals surface area contributed by atoms with Crippen LogP contribution in [0.15, 0.2) is 12.1 Å². The number of hydrogen-bond acceptors (Lipinski definition) is 5. The van der Waals surface area contributed by atoms with Gasteiger partial charge in [-0.05, 0) is 31.9 Å². The maximum absolute atomic E-state index is 12.7. The van der Waals surface area contributed by atoms with Crippen molar-refractivity contribution in [1.82, 2.24) is 19.7 Å². The summed E-state index contributed by atoms with van der Waals surface area (Å²) in [6.07, 6.45) is -3.35. The minimum absolute atomic E-state index is 0.122. The van der Waals surface area contributed by atoms with Crippen molar-refractivity contribution in [2.45, 2.75) is 32.0 Å². The Morgan fingerprint density at radius 1 is 1.24 bits per heavy atom. The van der Waals surface area contributed by atoms with Gasteiger partial charge in [0, 0.05) is 32.7 Å². The molecule has 1 atom stereocenters. The van der Waals surface area contributed by atoms with Gasteiger partial charge in [0.1, 0.15) is 18.3 Å². The fourth-order valence-corrected chi connectivity index (χ4v) is 3.83. The quantitative estimate of drug-likeness (QED) is 0.757. The van der Waals surface area contributed by atoms with Gasteiger partial charge in [0.25, 0.3) is 5.91 Å². The van der Waals surface area contributed by atoms with Crippen molar-refractivity contribution in [1.29, 1.82) is 5.26 Å². The molecule has 0 spiro atoms. The van der Waals surface area contributed by atoms with Crippen molar-refractivity contribution in [3.8, 4) is 6.07 Å². The number of piperidine rings is 1. The molecule has 1 unspecified atom stereocenters. The Morgan fingerprint density at radius 3 is 2.52 bits per heavy atom. The number of likely N-dealkylation sites (tertiary alicyclic amines) is 1. The molecule has 0 saturated carbocycles. The molecule has 0 bridgehead atoms. The van der Waals surface area contributed by atoms with Crippen molar-refractivity contribution in [3.63, 3.8) is 0 Å². The molecule has 29 heavy (non-hydrogen) atoms. The molecule has 0 radical (unpaired) electrons. The predicted octanol–water partition coefficient (Wildman–Crippen LogP) is 1.57. The first kappa shape index (κ1) is 21.0. The maximum Gasteiger partial charge on any atom is 0.406 e. The van der Waals surface area contributed by atoms with Crippen LogP contribution in [0.4, 0.5) is 13.2 Å². The summed E-state index contributed by atoms with van der Waals surface area (Å²) in [5.74, 6) is -0.747. The third-order valence-corrected chi connectivity index (χ3v) is 5.34. The van der Waals surface area contributed by atoms with E-state index in [2.05, 4.69) is 4.98 Å². The minimum atomic E-state index is -4.41. The molecular weight excluding hydrogens is 387 g/mol. The molecule has 2 aliphatic rings. The van der Waals surface area contributed by atoms with Crippen LogP contribution in [0.5, 0.6) is 0 Å². The summed E-state index contributed by atoms with van der Waals surface area (Å²) in [6.45, 7) is 2.12. The van der Waals surface area contributed by atoms with E-state index in [-0.39, 0.29) is 18.1 Å². The van der Waals surface area contributed by atoms with Gasteiger partial charge in [0.2, 0.25) is 5.91 Å². The molecule has 1 aromatic rings. The summed E-state index contributed by atoms with van der Waals surface area (Å²) < 4.78 is 38.1. The highest BCUT2D eigenvalue weighted by atomic mass is 19.4. The molecule has 0 aromatic carbocycles. The molecule has 7 nitrogen and oxygen atoms in total. The van der Waals surface area contributed by atoms with Gasteiger partial charge in [0.05, 0.1) is 17.3 Å². The smallest absolute Gasteiger partial charge is 0.335 e. The Morgan fingerprint density at radius 2 is 1.93 bits per heavy atom. The number of pyridine rings is 1. The van der Waals surface area contributed by atoms with Crippen LogP contribution in [-0.2, 0) is 4.79 Å². The van der Waals surface area contributed by atoms with Gasteiger partial charge in [-0.3, -0.25) is 14.5 Å². The topological polar surface area (TPSA) is 80.5 Å². The zero-order valence-electron chi connectivity index (χ0n) is 16.1. The molecule has 2 amide bonds. The van der Waals surface area contributed by atoms with Crippen molar-refractivity contribution < 1.29 is 22.8 Å². The van der Waals surface area contributed by atoms with Gasteiger partial charge >= 0.3 is 6.18 Å². The van der Waals surface area contributed by atoms with Crippen LogP contribution in [-0.4, -0.2) is 83.0 Å². The molecule has 3 rings (SSSR count). The number of hydrogen-bond donors (Lipinski definition) is 0. The average molecular weight is 409 g/mol. The molecule has 156 valence electrons. The number of amides is 2. The Kier molecular flexibility index (Phi) is 6.07. The lowest BCUT2D eigenvalue weighted by Gasteiger charge is -2.42. The van der Waals surface area contributed by atoms with Crippen LogP contribution < -0.4 is 0 Å². The Balaban J connectivity index is 1.60. The second-order valence-corrected chi connectivity index (χ2v) is 7.30. The third-order valence-electron chi connectivity index (χ3n) is 5.34. The Labute approximate surface area is 166 Å². The van der Waals surface area contributed by atoms with Crippen molar-refractivity contribution in [2.75, 3.05) is 39.3 Å². The van der Waals surface area contributed by atoms with Crippen LogP contribution in [0, 0.1) is 18.3 Å². The number of nitriles is 1. The molecule has 1 aromatic heterocycles. The molecule has 2 saturated heterocycles. The predicted molar refractivity (Wildman–Crippen MR) is 96.8 cm³/mol. The highest BCUT2D eigenvalue weighted by Crippen LogP contribution is 2.24. The molecule has 3 heterocycles. The zero-order valence-corrected chi connectivity index (χ0v) is 16.1. The van der Waals surface area contributed by atoms with E-state index >= 15 is 0 Å². The summed E-state index contributed by atoms with van der Waals surface area (Å²) in [6, 6.07) is 4.50. The second kappa shape index (κ2) is 8.37. The summed E-state index contributed by atoms with van der Waals surface area (Å²) in [7, 11) is 0. The summed E-state index contributed by atoms with van der Waals surface area (Å²) in [5, 5.41) is 8.97. The fourth-order valence-electron chi connectivity index (χ4n) is 3.83. The first-order chi connectivity index (χ1) is 13.7. The van der Waals surface area contributed by atoms with Gasteiger partial charge in [-0.15, -0.1) is 0 Å². The number of nitrogens with zero attached hydrogens (tertiary/aromatic N) is 5. The van der Waals surface area contributed by atoms with Crippen molar-refractivity contribution in [3.05, 3.63) is 29.1 Å². The third kappa shape index (κ3) is 4.85. The SMILES string of the molecule is Cc1nc(C(=O)N2CCN(C3CCCN(CC(F)(F)F)C3=O)CC2)ccc1C#N. The minimum Gasteiger partial charge on any atom is -0.335 e. The lowest BCUT2D eigenvalue weighted by Crippen LogP contribution is -2.59. The van der Waals surface area contributed by atoms with Crippen molar-refractivity contribution in [2.24, 2.45) is 0 Å². The molecule has 0 aliphatic carbocycles. The number of aromatic nitrogens is 1. The van der Waals surface area contributed by atoms with Crippen LogP contribution in [0.25, 0.3) is 0 Å². The van der Waals surface area contributed by atoms with Gasteiger partial charge < -0.3 is 9.80 Å². The summed E-state index contributed by atoms with van der Waals surface area (Å²) in [4.78, 5) is 33.7. The number of rotatable bonds is 3. The summed E-state index contributed by atoms with van der Waals surface area (Å²) in [5.41, 5.74) is 1.14. The number of alkyl halides is 3. The van der Waals surface area contributed by atoms with Crippen LogP contribution >= 0.6 is 0 Å². The van der Waals surface area contributed by atoms with E-state index in [4.69, 9.17) is 5.26 Å². The second-order valence-electron chi connectivity index (χ2n) is 7.30. The molecule has 2 aliphatic heterocycles. The maximum atomic E-state index is 12.7. The Bertz CT molecular complexity index is 828. The number of carbonyl (C=O) groups is 2. The number of aryl methyl sites for hydroxylation is 1. The molecular formula is C19H22F3N5O2. The van der Waals surface area contributed by atoms with E-state index in [9.17, 15) is 22.8 Å². The number of piperazine rings is 1. The number of halogens is 3. The first-order valence-corrected chi connectivity index (χ1v) is 9.46. The van der Waals surface area contributed by atoms with Gasteiger partial charge in [0.15, 0.2) is 0 Å². The van der Waals surface area contributed by atoms with Gasteiger partial charge in [-0.1, -0.05) is 0 Å². The lowest BCUT2D eigenvalue weighted by molar-refractivity contribution is -0.168. The monoisotopic (exact) mass is 409 g/mol. The summed E-state index contributed by atoms with van der Waals surface area (Å²) >= 11 is 0. The van der Waals surface area contributed by atoms with Gasteiger partial charge in [-0.2, -0.15) is 18.4 Å². The van der Waals surface area contributed by atoms with E-state index in [1.54, 1.807) is 17.9 Å². The van der Waals surface area contributed by atoms with Crippen LogP contribution in [0.3, 0.4) is 0 Å². The number of carbonyl (C=O) groups excluding carboxylic acids is 2.